The number of hydrogen-bond acceptors (Lipinski definition) is 7. The SMILES string of the molecule is CC1(C)OC(=O)c2c(OOc3cccc(O)c3C(=O)O)cccc2O1. The van der Waals surface area contributed by atoms with E-state index in [1.807, 2.05) is 0 Å². The molecule has 0 unspecified atom stereocenters. The molecule has 2 aromatic carbocycles. The summed E-state index contributed by atoms with van der Waals surface area (Å²) < 4.78 is 10.7. The van der Waals surface area contributed by atoms with E-state index in [1.54, 1.807) is 26.0 Å². The van der Waals surface area contributed by atoms with E-state index in [4.69, 9.17) is 24.4 Å². The summed E-state index contributed by atoms with van der Waals surface area (Å²) >= 11 is 0. The number of fused-ring (bicyclic) bond motifs is 1. The predicted molar refractivity (Wildman–Crippen MR) is 82.9 cm³/mol. The lowest BCUT2D eigenvalue weighted by Crippen LogP contribution is -2.39. The Morgan fingerprint density at radius 2 is 1.68 bits per heavy atom. The molecule has 0 bridgehead atoms. The average molecular weight is 346 g/mol. The fourth-order valence-corrected chi connectivity index (χ4v) is 2.32. The highest BCUT2D eigenvalue weighted by atomic mass is 17.2. The molecule has 25 heavy (non-hydrogen) atoms. The number of aromatic hydroxyl groups is 1. The van der Waals surface area contributed by atoms with Gasteiger partial charge in [-0.25, -0.2) is 9.59 Å². The van der Waals surface area contributed by atoms with Crippen LogP contribution >= 0.6 is 0 Å². The van der Waals surface area contributed by atoms with Gasteiger partial charge in [-0.1, -0.05) is 12.1 Å². The summed E-state index contributed by atoms with van der Waals surface area (Å²) in [5, 5.41) is 18.8. The molecule has 0 saturated heterocycles. The van der Waals surface area contributed by atoms with E-state index in [0.717, 1.165) is 0 Å². The summed E-state index contributed by atoms with van der Waals surface area (Å²) in [5.41, 5.74) is -0.453. The van der Waals surface area contributed by atoms with Crippen LogP contribution < -0.4 is 14.5 Å². The first-order valence-electron chi connectivity index (χ1n) is 7.23. The zero-order valence-electron chi connectivity index (χ0n) is 13.3. The Morgan fingerprint density at radius 3 is 2.40 bits per heavy atom. The molecule has 1 heterocycles. The van der Waals surface area contributed by atoms with Crippen molar-refractivity contribution in [2.45, 2.75) is 19.6 Å². The first kappa shape index (κ1) is 16.4. The Balaban J connectivity index is 1.91. The van der Waals surface area contributed by atoms with Gasteiger partial charge in [0.05, 0.1) is 0 Å². The number of carboxylic acids is 1. The number of benzene rings is 2. The third kappa shape index (κ3) is 3.14. The number of aromatic carboxylic acids is 1. The second-order valence-corrected chi connectivity index (χ2v) is 5.64. The number of hydrogen-bond donors (Lipinski definition) is 2. The molecule has 0 aliphatic carbocycles. The second-order valence-electron chi connectivity index (χ2n) is 5.64. The molecule has 0 saturated carbocycles. The number of phenols is 1. The van der Waals surface area contributed by atoms with Crippen LogP contribution in [0, 0.1) is 0 Å². The number of carboxylic acid groups (broad SMARTS) is 1. The van der Waals surface area contributed by atoms with E-state index in [1.165, 1.54) is 24.3 Å². The fourth-order valence-electron chi connectivity index (χ4n) is 2.32. The Hall–Kier alpha value is -3.42. The number of esters is 1. The van der Waals surface area contributed by atoms with E-state index >= 15 is 0 Å². The van der Waals surface area contributed by atoms with Gasteiger partial charge in [-0.15, -0.1) is 0 Å². The number of rotatable bonds is 4. The van der Waals surface area contributed by atoms with Crippen LogP contribution in [0.2, 0.25) is 0 Å². The second kappa shape index (κ2) is 5.90. The van der Waals surface area contributed by atoms with E-state index < -0.39 is 29.0 Å². The first-order chi connectivity index (χ1) is 11.8. The Bertz CT molecular complexity index is 856. The molecule has 1 aliphatic heterocycles. The molecule has 0 atom stereocenters. The minimum absolute atomic E-state index is 0.0128. The van der Waals surface area contributed by atoms with E-state index in [2.05, 4.69) is 0 Å². The lowest BCUT2D eigenvalue weighted by Gasteiger charge is -2.31. The quantitative estimate of drug-likeness (QED) is 0.494. The number of cyclic esters (lactones) is 1. The van der Waals surface area contributed by atoms with Gasteiger partial charge in [0.1, 0.15) is 22.6 Å². The highest BCUT2D eigenvalue weighted by Gasteiger charge is 2.36. The molecular weight excluding hydrogens is 332 g/mol. The standard InChI is InChI=1S/C17H14O8/c1-17(2)22-10-6-4-8-12(14(10)16(21)23-17)25-24-11-7-3-5-9(18)13(11)15(19)20/h3-8,18H,1-2H3,(H,19,20). The summed E-state index contributed by atoms with van der Waals surface area (Å²) in [7, 11) is 0. The molecule has 0 spiro atoms. The molecule has 2 aromatic rings. The minimum atomic E-state index is -1.39. The monoisotopic (exact) mass is 346 g/mol. The largest absolute Gasteiger partial charge is 0.507 e. The van der Waals surface area contributed by atoms with Crippen molar-refractivity contribution in [2.24, 2.45) is 0 Å². The van der Waals surface area contributed by atoms with Crippen molar-refractivity contribution in [1.82, 2.24) is 0 Å². The topological polar surface area (TPSA) is 112 Å². The van der Waals surface area contributed by atoms with E-state index in [-0.39, 0.29) is 22.8 Å². The van der Waals surface area contributed by atoms with Crippen LogP contribution in [0.4, 0.5) is 0 Å². The van der Waals surface area contributed by atoms with Gasteiger partial charge in [0.2, 0.25) is 5.79 Å². The van der Waals surface area contributed by atoms with Crippen LogP contribution in [0.5, 0.6) is 23.0 Å². The average Bonchev–Trinajstić information content (AvgIpc) is 2.50. The molecule has 0 radical (unpaired) electrons. The Labute approximate surface area is 142 Å². The highest BCUT2D eigenvalue weighted by Crippen LogP contribution is 2.37. The van der Waals surface area contributed by atoms with Gasteiger partial charge in [0.25, 0.3) is 0 Å². The molecule has 130 valence electrons. The van der Waals surface area contributed by atoms with Crippen LogP contribution in [0.1, 0.15) is 34.6 Å². The van der Waals surface area contributed by atoms with Crippen molar-refractivity contribution in [1.29, 1.82) is 0 Å². The Morgan fingerprint density at radius 1 is 1.04 bits per heavy atom. The molecule has 1 aliphatic rings. The van der Waals surface area contributed by atoms with Crippen LogP contribution in [0.25, 0.3) is 0 Å². The van der Waals surface area contributed by atoms with Gasteiger partial charge in [0.15, 0.2) is 11.5 Å². The summed E-state index contributed by atoms with van der Waals surface area (Å²) in [6, 6.07) is 8.48. The van der Waals surface area contributed by atoms with Gasteiger partial charge < -0.3 is 19.7 Å². The van der Waals surface area contributed by atoms with Crippen LogP contribution in [-0.4, -0.2) is 27.9 Å². The smallest absolute Gasteiger partial charge is 0.349 e. The molecule has 3 rings (SSSR count). The summed E-state index contributed by atoms with van der Waals surface area (Å²) in [5.74, 6) is -3.65. The molecule has 0 amide bonds. The van der Waals surface area contributed by atoms with Gasteiger partial charge in [-0.05, 0) is 24.3 Å². The minimum Gasteiger partial charge on any atom is -0.507 e. The van der Waals surface area contributed by atoms with Crippen molar-refractivity contribution >= 4 is 11.9 Å². The zero-order valence-corrected chi connectivity index (χ0v) is 13.3. The molecule has 8 nitrogen and oxygen atoms in total. The van der Waals surface area contributed by atoms with Crippen molar-refractivity contribution in [3.05, 3.63) is 47.5 Å². The van der Waals surface area contributed by atoms with Gasteiger partial charge >= 0.3 is 11.9 Å². The third-order valence-electron chi connectivity index (χ3n) is 3.33. The van der Waals surface area contributed by atoms with Crippen molar-refractivity contribution < 1.29 is 39.1 Å². The lowest BCUT2D eigenvalue weighted by molar-refractivity contribution is -0.132. The summed E-state index contributed by atoms with van der Waals surface area (Å²) in [4.78, 5) is 33.6. The molecule has 0 fully saturated rings. The van der Waals surface area contributed by atoms with Gasteiger partial charge in [-0.2, -0.15) is 0 Å². The van der Waals surface area contributed by atoms with Gasteiger partial charge in [-0.3, -0.25) is 9.78 Å². The zero-order chi connectivity index (χ0) is 18.2. The maximum absolute atomic E-state index is 12.2. The fraction of sp³-hybridized carbons (Fsp3) is 0.176. The number of carbonyl (C=O) groups is 2. The first-order valence-corrected chi connectivity index (χ1v) is 7.23. The van der Waals surface area contributed by atoms with Crippen LogP contribution in [0.3, 0.4) is 0 Å². The van der Waals surface area contributed by atoms with Crippen molar-refractivity contribution in [3.8, 4) is 23.0 Å². The van der Waals surface area contributed by atoms with Crippen molar-refractivity contribution in [3.63, 3.8) is 0 Å². The van der Waals surface area contributed by atoms with Crippen molar-refractivity contribution in [2.75, 3.05) is 0 Å². The Kier molecular flexibility index (Phi) is 3.88. The summed E-state index contributed by atoms with van der Waals surface area (Å²) in [6.45, 7) is 3.17. The normalized spacial score (nSPS) is 14.7. The van der Waals surface area contributed by atoms with Crippen LogP contribution in [0.15, 0.2) is 36.4 Å². The molecule has 8 heteroatoms. The molecule has 2 N–H and O–H groups in total. The van der Waals surface area contributed by atoms with Gasteiger partial charge in [0, 0.05) is 13.8 Å². The third-order valence-corrected chi connectivity index (χ3v) is 3.33. The molecule has 0 aromatic heterocycles. The highest BCUT2D eigenvalue weighted by molar-refractivity contribution is 5.96. The van der Waals surface area contributed by atoms with E-state index in [0.29, 0.717) is 0 Å². The molecular formula is C17H14O8. The lowest BCUT2D eigenvalue weighted by atomic mass is 10.1. The number of carbonyl (C=O) groups excluding carboxylic acids is 1. The predicted octanol–water partition coefficient (Wildman–Crippen LogP) is 2.75. The maximum Gasteiger partial charge on any atom is 0.349 e. The van der Waals surface area contributed by atoms with E-state index in [9.17, 15) is 14.7 Å². The van der Waals surface area contributed by atoms with Crippen LogP contribution in [-0.2, 0) is 4.74 Å². The number of ether oxygens (including phenoxy) is 2. The maximum atomic E-state index is 12.2. The summed E-state index contributed by atoms with van der Waals surface area (Å²) in [6.07, 6.45) is 0.